The Morgan fingerprint density at radius 2 is 1.75 bits per heavy atom. The molecule has 0 unspecified atom stereocenters. The number of alkyl halides is 3. The van der Waals surface area contributed by atoms with Gasteiger partial charge < -0.3 is 9.64 Å². The first-order chi connectivity index (χ1) is 13.4. The van der Waals surface area contributed by atoms with Crippen LogP contribution in [0.15, 0.2) is 66.9 Å². The summed E-state index contributed by atoms with van der Waals surface area (Å²) in [7, 11) is 0. The van der Waals surface area contributed by atoms with Crippen LogP contribution in [0.25, 0.3) is 0 Å². The fourth-order valence-electron chi connectivity index (χ4n) is 3.10. The number of para-hydroxylation sites is 1. The van der Waals surface area contributed by atoms with Gasteiger partial charge in [0, 0.05) is 30.1 Å². The van der Waals surface area contributed by atoms with Gasteiger partial charge >= 0.3 is 6.18 Å². The van der Waals surface area contributed by atoms with Crippen LogP contribution in [0.3, 0.4) is 0 Å². The molecule has 3 aromatic rings. The highest BCUT2D eigenvalue weighted by Crippen LogP contribution is 2.31. The van der Waals surface area contributed by atoms with E-state index in [0.717, 1.165) is 36.0 Å². The molecule has 7 heteroatoms. The molecule has 0 fully saturated rings. The van der Waals surface area contributed by atoms with Crippen molar-refractivity contribution in [2.24, 2.45) is 0 Å². The number of fused-ring (bicyclic) bond motifs is 1. The molecule has 0 atom stereocenters. The maximum Gasteiger partial charge on any atom is 0.417 e. The zero-order valence-electron chi connectivity index (χ0n) is 14.6. The minimum atomic E-state index is -4.44. The van der Waals surface area contributed by atoms with Crippen LogP contribution in [0.4, 0.5) is 18.9 Å². The quantitative estimate of drug-likeness (QED) is 0.631. The number of ether oxygens (including phenoxy) is 1. The van der Waals surface area contributed by atoms with Crippen molar-refractivity contribution in [2.45, 2.75) is 12.6 Å². The predicted octanol–water partition coefficient (Wildman–Crippen LogP) is 5.10. The summed E-state index contributed by atoms with van der Waals surface area (Å²) in [6.45, 7) is 0.631. The standard InChI is InChI=1S/C21H15F3N2O2/c22-21(23,24)16-7-10-19(25-13-16)28-17-8-5-15(6-9-17)20(27)26-12-11-14-3-1-2-4-18(14)26/h1-10,13H,11-12H2. The Hall–Kier alpha value is -3.35. The summed E-state index contributed by atoms with van der Waals surface area (Å²) >= 11 is 0. The first kappa shape index (κ1) is 18.0. The van der Waals surface area contributed by atoms with Crippen LogP contribution in [0.1, 0.15) is 21.5 Å². The van der Waals surface area contributed by atoms with E-state index >= 15 is 0 Å². The van der Waals surface area contributed by atoms with Gasteiger partial charge in [0.25, 0.3) is 5.91 Å². The van der Waals surface area contributed by atoms with E-state index in [-0.39, 0.29) is 11.8 Å². The van der Waals surface area contributed by atoms with Crippen LogP contribution < -0.4 is 9.64 Å². The van der Waals surface area contributed by atoms with E-state index in [2.05, 4.69) is 4.98 Å². The molecule has 0 bridgehead atoms. The van der Waals surface area contributed by atoms with E-state index in [4.69, 9.17) is 4.74 Å². The van der Waals surface area contributed by atoms with Crippen molar-refractivity contribution in [3.63, 3.8) is 0 Å². The average Bonchev–Trinajstić information content (AvgIpc) is 3.12. The normalized spacial score (nSPS) is 13.3. The van der Waals surface area contributed by atoms with Gasteiger partial charge in [-0.15, -0.1) is 0 Å². The van der Waals surface area contributed by atoms with Crippen molar-refractivity contribution in [2.75, 3.05) is 11.4 Å². The lowest BCUT2D eigenvalue weighted by molar-refractivity contribution is -0.137. The van der Waals surface area contributed by atoms with Gasteiger partial charge in [-0.3, -0.25) is 4.79 Å². The summed E-state index contributed by atoms with van der Waals surface area (Å²) in [6, 6.07) is 16.3. The fraction of sp³-hybridized carbons (Fsp3) is 0.143. The molecule has 1 amide bonds. The minimum Gasteiger partial charge on any atom is -0.439 e. The van der Waals surface area contributed by atoms with Crippen LogP contribution in [0.2, 0.25) is 0 Å². The second-order valence-corrected chi connectivity index (χ2v) is 6.34. The number of amides is 1. The lowest BCUT2D eigenvalue weighted by Crippen LogP contribution is -2.28. The SMILES string of the molecule is O=C(c1ccc(Oc2ccc(C(F)(F)F)cn2)cc1)N1CCc2ccccc21. The third kappa shape index (κ3) is 3.55. The molecular weight excluding hydrogens is 369 g/mol. The van der Waals surface area contributed by atoms with Crippen molar-refractivity contribution >= 4 is 11.6 Å². The van der Waals surface area contributed by atoms with E-state index in [1.807, 2.05) is 24.3 Å². The number of rotatable bonds is 3. The summed E-state index contributed by atoms with van der Waals surface area (Å²) < 4.78 is 43.2. The van der Waals surface area contributed by atoms with Crippen molar-refractivity contribution < 1.29 is 22.7 Å². The largest absolute Gasteiger partial charge is 0.439 e. The van der Waals surface area contributed by atoms with Gasteiger partial charge in [-0.2, -0.15) is 13.2 Å². The molecule has 142 valence electrons. The molecule has 4 rings (SSSR count). The summed E-state index contributed by atoms with van der Waals surface area (Å²) in [4.78, 5) is 18.2. The Bertz CT molecular complexity index is 999. The van der Waals surface area contributed by atoms with E-state index in [0.29, 0.717) is 17.9 Å². The summed E-state index contributed by atoms with van der Waals surface area (Å²) in [5.41, 5.74) is 1.72. The number of carbonyl (C=O) groups excluding carboxylic acids is 1. The number of halogens is 3. The van der Waals surface area contributed by atoms with Crippen LogP contribution in [0, 0.1) is 0 Å². The third-order valence-electron chi connectivity index (χ3n) is 4.52. The Labute approximate surface area is 159 Å². The van der Waals surface area contributed by atoms with Crippen LogP contribution >= 0.6 is 0 Å². The Morgan fingerprint density at radius 1 is 1.00 bits per heavy atom. The summed E-state index contributed by atoms with van der Waals surface area (Å²) in [5.74, 6) is 0.315. The lowest BCUT2D eigenvalue weighted by atomic mass is 10.1. The average molecular weight is 384 g/mol. The molecular formula is C21H15F3N2O2. The van der Waals surface area contributed by atoms with Crippen molar-refractivity contribution in [1.29, 1.82) is 0 Å². The van der Waals surface area contributed by atoms with Crippen LogP contribution in [-0.4, -0.2) is 17.4 Å². The summed E-state index contributed by atoms with van der Waals surface area (Å²) in [5, 5.41) is 0. The maximum atomic E-state index is 12.8. The molecule has 0 aliphatic carbocycles. The second-order valence-electron chi connectivity index (χ2n) is 6.34. The van der Waals surface area contributed by atoms with Gasteiger partial charge in [-0.05, 0) is 48.4 Å². The number of pyridine rings is 1. The second kappa shape index (κ2) is 6.99. The monoisotopic (exact) mass is 384 g/mol. The molecule has 1 aliphatic rings. The number of hydrogen-bond donors (Lipinski definition) is 0. The van der Waals surface area contributed by atoms with E-state index in [9.17, 15) is 18.0 Å². The van der Waals surface area contributed by atoms with Gasteiger partial charge in [0.05, 0.1) is 5.56 Å². The predicted molar refractivity (Wildman–Crippen MR) is 97.6 cm³/mol. The minimum absolute atomic E-state index is 0.0422. The van der Waals surface area contributed by atoms with E-state index in [1.165, 1.54) is 0 Å². The lowest BCUT2D eigenvalue weighted by Gasteiger charge is -2.17. The summed E-state index contributed by atoms with van der Waals surface area (Å²) in [6.07, 6.45) is -2.90. The zero-order valence-corrected chi connectivity index (χ0v) is 14.6. The van der Waals surface area contributed by atoms with Gasteiger partial charge in [0.1, 0.15) is 5.75 Å². The first-order valence-electron chi connectivity index (χ1n) is 8.63. The topological polar surface area (TPSA) is 42.4 Å². The number of aromatic nitrogens is 1. The Kier molecular flexibility index (Phi) is 4.50. The molecule has 2 aromatic carbocycles. The molecule has 28 heavy (non-hydrogen) atoms. The highest BCUT2D eigenvalue weighted by molar-refractivity contribution is 6.07. The first-order valence-corrected chi connectivity index (χ1v) is 8.63. The molecule has 1 aliphatic heterocycles. The van der Waals surface area contributed by atoms with E-state index < -0.39 is 11.7 Å². The number of benzene rings is 2. The molecule has 0 N–H and O–H groups in total. The third-order valence-corrected chi connectivity index (χ3v) is 4.52. The fourth-order valence-corrected chi connectivity index (χ4v) is 3.10. The molecule has 0 radical (unpaired) electrons. The Morgan fingerprint density at radius 3 is 2.43 bits per heavy atom. The van der Waals surface area contributed by atoms with Crippen LogP contribution in [0.5, 0.6) is 11.6 Å². The van der Waals surface area contributed by atoms with Crippen LogP contribution in [-0.2, 0) is 12.6 Å². The number of carbonyl (C=O) groups is 1. The van der Waals surface area contributed by atoms with Gasteiger partial charge in [0.2, 0.25) is 5.88 Å². The van der Waals surface area contributed by atoms with Crippen molar-refractivity contribution in [3.05, 3.63) is 83.6 Å². The maximum absolute atomic E-state index is 12.8. The number of nitrogens with zero attached hydrogens (tertiary/aromatic N) is 2. The smallest absolute Gasteiger partial charge is 0.417 e. The van der Waals surface area contributed by atoms with Gasteiger partial charge in [-0.25, -0.2) is 4.98 Å². The highest BCUT2D eigenvalue weighted by atomic mass is 19.4. The molecule has 1 aromatic heterocycles. The number of anilines is 1. The molecule has 0 saturated carbocycles. The molecule has 2 heterocycles. The zero-order chi connectivity index (χ0) is 19.7. The Balaban J connectivity index is 1.46. The van der Waals surface area contributed by atoms with Gasteiger partial charge in [-0.1, -0.05) is 18.2 Å². The van der Waals surface area contributed by atoms with Crippen molar-refractivity contribution in [3.8, 4) is 11.6 Å². The molecule has 0 saturated heterocycles. The number of hydrogen-bond acceptors (Lipinski definition) is 3. The molecule has 0 spiro atoms. The van der Waals surface area contributed by atoms with Crippen molar-refractivity contribution in [1.82, 2.24) is 4.98 Å². The van der Waals surface area contributed by atoms with Gasteiger partial charge in [0.15, 0.2) is 0 Å². The molecule has 4 nitrogen and oxygen atoms in total. The highest BCUT2D eigenvalue weighted by Gasteiger charge is 2.30. The van der Waals surface area contributed by atoms with E-state index in [1.54, 1.807) is 29.2 Å².